The minimum absolute atomic E-state index is 0.287. The van der Waals surface area contributed by atoms with Crippen molar-refractivity contribution in [1.29, 1.82) is 0 Å². The van der Waals surface area contributed by atoms with Crippen molar-refractivity contribution >= 4 is 34.3 Å². The molecule has 0 radical (unpaired) electrons. The molecule has 7 heteroatoms. The third-order valence-electron chi connectivity index (χ3n) is 4.77. The van der Waals surface area contributed by atoms with Crippen LogP contribution in [0.1, 0.15) is 5.56 Å². The van der Waals surface area contributed by atoms with E-state index in [1.165, 1.54) is 4.57 Å². The lowest BCUT2D eigenvalue weighted by Crippen LogP contribution is -2.22. The molecule has 2 aromatic heterocycles. The number of hydrogen-bond donors (Lipinski definition) is 1. The molecule has 1 N–H and O–H groups in total. The predicted molar refractivity (Wildman–Crippen MR) is 119 cm³/mol. The molecule has 0 aliphatic heterocycles. The second-order valence-electron chi connectivity index (χ2n) is 6.49. The Labute approximate surface area is 178 Å². The molecule has 0 aliphatic rings. The van der Waals surface area contributed by atoms with Gasteiger partial charge in [-0.2, -0.15) is 4.98 Å². The number of nitrogens with zero attached hydrogens (tertiary/aromatic N) is 3. The number of nitrogens with one attached hydrogen (secondary N) is 1. The highest BCUT2D eigenvalue weighted by atomic mass is 35.5. The van der Waals surface area contributed by atoms with Crippen molar-refractivity contribution in [2.75, 3.05) is 12.4 Å². The van der Waals surface area contributed by atoms with Crippen LogP contribution in [-0.2, 0) is 7.05 Å². The van der Waals surface area contributed by atoms with Crippen LogP contribution in [0.2, 0.25) is 5.02 Å². The minimum atomic E-state index is -0.287. The molecule has 0 atom stereocenters. The Hall–Kier alpha value is -3.82. The first-order valence-corrected chi connectivity index (χ1v) is 9.44. The second-order valence-corrected chi connectivity index (χ2v) is 6.90. The fourth-order valence-electron chi connectivity index (χ4n) is 3.30. The van der Waals surface area contributed by atoms with Crippen LogP contribution in [0.15, 0.2) is 59.5 Å². The molecule has 0 saturated heterocycles. The molecule has 0 spiro atoms. The number of aromatic nitrogens is 3. The van der Waals surface area contributed by atoms with Crippen molar-refractivity contribution in [1.82, 2.24) is 14.5 Å². The van der Waals surface area contributed by atoms with E-state index >= 15 is 0 Å². The molecule has 4 rings (SSSR count). The lowest BCUT2D eigenvalue weighted by atomic mass is 9.99. The zero-order valence-electron chi connectivity index (χ0n) is 16.3. The van der Waals surface area contributed by atoms with Crippen LogP contribution in [0.3, 0.4) is 0 Å². The highest BCUT2D eigenvalue weighted by Gasteiger charge is 2.19. The Balaban J connectivity index is 1.92. The van der Waals surface area contributed by atoms with Gasteiger partial charge >= 0.3 is 0 Å². The van der Waals surface area contributed by atoms with Crippen LogP contribution in [0.5, 0.6) is 5.75 Å². The maximum absolute atomic E-state index is 13.2. The van der Waals surface area contributed by atoms with Crippen LogP contribution in [0.25, 0.3) is 22.2 Å². The van der Waals surface area contributed by atoms with Crippen LogP contribution < -0.4 is 15.6 Å². The Morgan fingerprint density at radius 1 is 1.17 bits per heavy atom. The van der Waals surface area contributed by atoms with Crippen LogP contribution in [-0.4, -0.2) is 21.6 Å². The standard InChI is InChI=1S/C23H17ClN4O2/c1-4-14-16-13-25-23(26-18-11-7-8-12-19(18)30-3)27-21(16)28(2)22(29)20(14)15-9-5-6-10-17(15)24/h1,5-13H,2-3H3,(H,25,26,27). The molecule has 0 aliphatic carbocycles. The summed E-state index contributed by atoms with van der Waals surface area (Å²) >= 11 is 6.34. The molecule has 2 heterocycles. The summed E-state index contributed by atoms with van der Waals surface area (Å²) in [6.45, 7) is 0. The number of para-hydroxylation sites is 2. The van der Waals surface area contributed by atoms with E-state index in [9.17, 15) is 4.79 Å². The van der Waals surface area contributed by atoms with Gasteiger partial charge in [-0.3, -0.25) is 9.36 Å². The molecule has 6 nitrogen and oxygen atoms in total. The highest BCUT2D eigenvalue weighted by molar-refractivity contribution is 6.33. The van der Waals surface area contributed by atoms with Crippen molar-refractivity contribution in [3.05, 3.63) is 75.7 Å². The van der Waals surface area contributed by atoms with Crippen LogP contribution in [0, 0.1) is 12.3 Å². The van der Waals surface area contributed by atoms with Gasteiger partial charge in [0.1, 0.15) is 11.4 Å². The number of rotatable bonds is 4. The third kappa shape index (κ3) is 3.25. The van der Waals surface area contributed by atoms with E-state index in [-0.39, 0.29) is 5.56 Å². The summed E-state index contributed by atoms with van der Waals surface area (Å²) in [6.07, 6.45) is 7.40. The number of hydrogen-bond acceptors (Lipinski definition) is 5. The second kappa shape index (κ2) is 7.90. The number of fused-ring (bicyclic) bond motifs is 1. The number of pyridine rings is 1. The van der Waals surface area contributed by atoms with E-state index < -0.39 is 0 Å². The summed E-state index contributed by atoms with van der Waals surface area (Å²) < 4.78 is 6.80. The number of halogens is 1. The molecule has 0 fully saturated rings. The van der Waals surface area contributed by atoms with Gasteiger partial charge in [0.15, 0.2) is 0 Å². The summed E-state index contributed by atoms with van der Waals surface area (Å²) in [4.78, 5) is 22.1. The van der Waals surface area contributed by atoms with E-state index in [4.69, 9.17) is 22.8 Å². The first kappa shape index (κ1) is 19.5. The van der Waals surface area contributed by atoms with E-state index in [1.807, 2.05) is 30.3 Å². The first-order valence-electron chi connectivity index (χ1n) is 9.06. The summed E-state index contributed by atoms with van der Waals surface area (Å²) in [5.41, 5.74) is 2.17. The predicted octanol–water partition coefficient (Wildman–Crippen LogP) is 4.38. The number of terminal acetylenes is 1. The van der Waals surface area contributed by atoms with Gasteiger partial charge in [0.25, 0.3) is 5.56 Å². The number of ether oxygens (including phenoxy) is 1. The zero-order chi connectivity index (χ0) is 21.3. The van der Waals surface area contributed by atoms with E-state index in [2.05, 4.69) is 21.2 Å². The summed E-state index contributed by atoms with van der Waals surface area (Å²) in [5, 5.41) is 4.15. The number of methoxy groups -OCH3 is 1. The Kier molecular flexibility index (Phi) is 5.13. The largest absolute Gasteiger partial charge is 0.495 e. The lowest BCUT2D eigenvalue weighted by molar-refractivity contribution is 0.417. The fraction of sp³-hybridized carbons (Fsp3) is 0.0870. The third-order valence-corrected chi connectivity index (χ3v) is 5.09. The number of anilines is 2. The van der Waals surface area contributed by atoms with E-state index in [1.54, 1.807) is 38.6 Å². The maximum atomic E-state index is 13.2. The Morgan fingerprint density at radius 2 is 1.90 bits per heavy atom. The van der Waals surface area contributed by atoms with Crippen LogP contribution >= 0.6 is 11.6 Å². The van der Waals surface area contributed by atoms with Crippen molar-refractivity contribution in [3.63, 3.8) is 0 Å². The van der Waals surface area contributed by atoms with Gasteiger partial charge in [-0.1, -0.05) is 47.9 Å². The highest BCUT2D eigenvalue weighted by Crippen LogP contribution is 2.31. The summed E-state index contributed by atoms with van der Waals surface area (Å²) in [5.74, 6) is 3.59. The fourth-order valence-corrected chi connectivity index (χ4v) is 3.53. The van der Waals surface area contributed by atoms with Crippen molar-refractivity contribution < 1.29 is 4.74 Å². The smallest absolute Gasteiger partial charge is 0.261 e. The van der Waals surface area contributed by atoms with Crippen molar-refractivity contribution in [3.8, 4) is 29.2 Å². The zero-order valence-corrected chi connectivity index (χ0v) is 17.1. The van der Waals surface area contributed by atoms with E-state index in [0.717, 1.165) is 0 Å². The molecular weight excluding hydrogens is 400 g/mol. The van der Waals surface area contributed by atoms with Gasteiger partial charge < -0.3 is 10.1 Å². The lowest BCUT2D eigenvalue weighted by Gasteiger charge is -2.14. The SMILES string of the molecule is C#Cc1c(-c2ccccc2Cl)c(=O)n(C)c2nc(Nc3ccccc3OC)ncc12. The molecule has 30 heavy (non-hydrogen) atoms. The van der Waals surface area contributed by atoms with Crippen molar-refractivity contribution in [2.45, 2.75) is 0 Å². The molecule has 0 unspecified atom stereocenters. The summed E-state index contributed by atoms with van der Waals surface area (Å²) in [7, 11) is 3.23. The molecule has 0 amide bonds. The molecule has 148 valence electrons. The monoisotopic (exact) mass is 416 g/mol. The molecule has 2 aromatic carbocycles. The Morgan fingerprint density at radius 3 is 2.63 bits per heavy atom. The Bertz CT molecular complexity index is 1370. The topological polar surface area (TPSA) is 69.0 Å². The normalized spacial score (nSPS) is 10.6. The molecule has 0 saturated carbocycles. The van der Waals surface area contributed by atoms with Gasteiger partial charge in [0.2, 0.25) is 5.95 Å². The molecule has 0 bridgehead atoms. The van der Waals surface area contributed by atoms with Gasteiger partial charge in [-0.25, -0.2) is 4.98 Å². The van der Waals surface area contributed by atoms with Crippen molar-refractivity contribution in [2.24, 2.45) is 7.05 Å². The summed E-state index contributed by atoms with van der Waals surface area (Å²) in [6, 6.07) is 14.5. The van der Waals surface area contributed by atoms with E-state index in [0.29, 0.717) is 50.1 Å². The molecule has 4 aromatic rings. The van der Waals surface area contributed by atoms with Gasteiger partial charge in [-0.15, -0.1) is 6.42 Å². The average Bonchev–Trinajstić information content (AvgIpc) is 2.77. The number of benzene rings is 2. The van der Waals surface area contributed by atoms with Gasteiger partial charge in [0.05, 0.1) is 29.3 Å². The molecular formula is C23H17ClN4O2. The van der Waals surface area contributed by atoms with Crippen LogP contribution in [0.4, 0.5) is 11.6 Å². The van der Waals surface area contributed by atoms with Gasteiger partial charge in [0, 0.05) is 23.8 Å². The quantitative estimate of drug-likeness (QED) is 0.500. The van der Waals surface area contributed by atoms with Gasteiger partial charge in [-0.05, 0) is 18.2 Å². The first-order chi connectivity index (χ1) is 14.5. The number of aryl methyl sites for hydroxylation is 1. The average molecular weight is 417 g/mol. The maximum Gasteiger partial charge on any atom is 0.261 e. The minimum Gasteiger partial charge on any atom is -0.495 e.